The van der Waals surface area contributed by atoms with Crippen LogP contribution in [0.1, 0.15) is 23.1 Å². The zero-order valence-electron chi connectivity index (χ0n) is 10.0. The Morgan fingerprint density at radius 2 is 2.11 bits per heavy atom. The van der Waals surface area contributed by atoms with Crippen molar-refractivity contribution < 1.29 is 9.59 Å². The van der Waals surface area contributed by atoms with Crippen molar-refractivity contribution in [1.82, 2.24) is 9.36 Å². The van der Waals surface area contributed by atoms with E-state index in [2.05, 4.69) is 30.6 Å². The lowest BCUT2D eigenvalue weighted by Gasteiger charge is -2.02. The highest BCUT2D eigenvalue weighted by molar-refractivity contribution is 9.10. The number of amides is 1. The Kier molecular flexibility index (Phi) is 4.39. The largest absolute Gasteiger partial charge is 0.300 e. The van der Waals surface area contributed by atoms with Crippen LogP contribution in [0, 0.1) is 0 Å². The number of ketones is 1. The second-order valence-electron chi connectivity index (χ2n) is 3.83. The van der Waals surface area contributed by atoms with Gasteiger partial charge in [-0.1, -0.05) is 12.1 Å². The van der Waals surface area contributed by atoms with Crippen LogP contribution in [0.5, 0.6) is 0 Å². The molecule has 1 N–H and O–H groups in total. The third-order valence-electron chi connectivity index (χ3n) is 2.21. The van der Waals surface area contributed by atoms with Gasteiger partial charge in [-0.05, 0) is 35.0 Å². The monoisotopic (exact) mass is 339 g/mol. The van der Waals surface area contributed by atoms with Gasteiger partial charge in [0.05, 0.1) is 12.0 Å². The predicted molar refractivity (Wildman–Crippen MR) is 76.4 cm³/mol. The Morgan fingerprint density at radius 1 is 1.37 bits per heavy atom. The third kappa shape index (κ3) is 3.68. The Bertz CT molecular complexity index is 627. The van der Waals surface area contributed by atoms with Crippen molar-refractivity contribution in [2.75, 3.05) is 5.32 Å². The maximum Gasteiger partial charge on any atom is 0.258 e. The highest BCUT2D eigenvalue weighted by Crippen LogP contribution is 2.18. The number of aromatic nitrogens is 2. The summed E-state index contributed by atoms with van der Waals surface area (Å²) in [6.07, 6.45) is 0.182. The van der Waals surface area contributed by atoms with Gasteiger partial charge in [0, 0.05) is 16.0 Å². The summed E-state index contributed by atoms with van der Waals surface area (Å²) >= 11 is 4.37. The Morgan fingerprint density at radius 3 is 2.79 bits per heavy atom. The normalized spacial score (nSPS) is 10.2. The molecule has 1 amide bonds. The molecule has 1 heterocycles. The fraction of sp³-hybridized carbons (Fsp3) is 0.167. The van der Waals surface area contributed by atoms with E-state index in [1.54, 1.807) is 18.2 Å². The lowest BCUT2D eigenvalue weighted by Crippen LogP contribution is -2.12. The minimum atomic E-state index is -0.266. The fourth-order valence-electron chi connectivity index (χ4n) is 1.41. The van der Waals surface area contributed by atoms with Gasteiger partial charge in [0.1, 0.15) is 5.78 Å². The SMILES string of the molecule is CC(=O)Cc1nsc(NC(=O)c2ccccc2Br)n1. The van der Waals surface area contributed by atoms with Crippen LogP contribution in [0.3, 0.4) is 0 Å². The number of benzene rings is 1. The number of carbonyl (C=O) groups excluding carboxylic acids is 2. The maximum absolute atomic E-state index is 12.0. The first-order chi connectivity index (χ1) is 9.06. The van der Waals surface area contributed by atoms with E-state index in [0.717, 1.165) is 11.5 Å². The first-order valence-corrected chi connectivity index (χ1v) is 7.01. The third-order valence-corrected chi connectivity index (χ3v) is 3.57. The van der Waals surface area contributed by atoms with Gasteiger partial charge in [0.15, 0.2) is 5.82 Å². The predicted octanol–water partition coefficient (Wildman–Crippen LogP) is 2.68. The number of anilines is 1. The van der Waals surface area contributed by atoms with Gasteiger partial charge < -0.3 is 0 Å². The van der Waals surface area contributed by atoms with Gasteiger partial charge in [-0.3, -0.25) is 14.9 Å². The van der Waals surface area contributed by atoms with Crippen molar-refractivity contribution in [2.45, 2.75) is 13.3 Å². The van der Waals surface area contributed by atoms with Crippen LogP contribution < -0.4 is 5.32 Å². The van der Waals surface area contributed by atoms with Crippen LogP contribution in [0.25, 0.3) is 0 Å². The Labute approximate surface area is 122 Å². The lowest BCUT2D eigenvalue weighted by molar-refractivity contribution is -0.116. The molecule has 0 aliphatic rings. The van der Waals surface area contributed by atoms with E-state index in [-0.39, 0.29) is 18.1 Å². The van der Waals surface area contributed by atoms with E-state index in [1.807, 2.05) is 6.07 Å². The van der Waals surface area contributed by atoms with Crippen molar-refractivity contribution in [3.8, 4) is 0 Å². The quantitative estimate of drug-likeness (QED) is 0.929. The standard InChI is InChI=1S/C12H10BrN3O2S/c1-7(17)6-10-14-12(19-16-10)15-11(18)8-4-2-3-5-9(8)13/h2-5H,6H2,1H3,(H,14,15,16,18). The van der Waals surface area contributed by atoms with Crippen molar-refractivity contribution in [3.05, 3.63) is 40.1 Å². The van der Waals surface area contributed by atoms with Crippen molar-refractivity contribution in [2.24, 2.45) is 0 Å². The fourth-order valence-corrected chi connectivity index (χ4v) is 2.46. The first kappa shape index (κ1) is 13.8. The summed E-state index contributed by atoms with van der Waals surface area (Å²) in [5.41, 5.74) is 0.519. The van der Waals surface area contributed by atoms with Crippen LogP contribution in [0.15, 0.2) is 28.7 Å². The lowest BCUT2D eigenvalue weighted by atomic mass is 10.2. The van der Waals surface area contributed by atoms with Crippen molar-refractivity contribution >= 4 is 44.3 Å². The van der Waals surface area contributed by atoms with Gasteiger partial charge >= 0.3 is 0 Å². The molecule has 7 heteroatoms. The number of nitrogens with zero attached hydrogens (tertiary/aromatic N) is 2. The summed E-state index contributed by atoms with van der Waals surface area (Å²) in [5.74, 6) is 0.152. The summed E-state index contributed by atoms with van der Waals surface area (Å²) in [5, 5.41) is 3.04. The molecule has 0 fully saturated rings. The van der Waals surface area contributed by atoms with E-state index in [4.69, 9.17) is 0 Å². The molecule has 0 saturated carbocycles. The Balaban J connectivity index is 2.09. The highest BCUT2D eigenvalue weighted by Gasteiger charge is 2.12. The van der Waals surface area contributed by atoms with E-state index < -0.39 is 0 Å². The van der Waals surface area contributed by atoms with E-state index in [1.165, 1.54) is 6.92 Å². The van der Waals surface area contributed by atoms with Crippen LogP contribution >= 0.6 is 27.5 Å². The zero-order valence-corrected chi connectivity index (χ0v) is 12.4. The molecule has 2 rings (SSSR count). The van der Waals surface area contributed by atoms with Crippen molar-refractivity contribution in [1.29, 1.82) is 0 Å². The van der Waals surface area contributed by atoms with Crippen LogP contribution in [0.2, 0.25) is 0 Å². The summed E-state index contributed by atoms with van der Waals surface area (Å²) in [7, 11) is 0. The second kappa shape index (κ2) is 6.03. The summed E-state index contributed by atoms with van der Waals surface area (Å²) in [4.78, 5) is 27.0. The molecule has 0 aliphatic heterocycles. The van der Waals surface area contributed by atoms with E-state index >= 15 is 0 Å². The van der Waals surface area contributed by atoms with Gasteiger partial charge in [0.2, 0.25) is 5.13 Å². The Hall–Kier alpha value is -1.60. The number of nitrogens with one attached hydrogen (secondary N) is 1. The molecule has 0 aliphatic carbocycles. The smallest absolute Gasteiger partial charge is 0.258 e. The number of Topliss-reactive ketones (excluding diaryl/α,β-unsaturated/α-hetero) is 1. The number of hydrogen-bond acceptors (Lipinski definition) is 5. The van der Waals surface area contributed by atoms with Gasteiger partial charge in [-0.2, -0.15) is 4.37 Å². The van der Waals surface area contributed by atoms with Gasteiger partial charge in [-0.25, -0.2) is 4.98 Å². The molecule has 0 atom stereocenters. The molecule has 0 spiro atoms. The second-order valence-corrected chi connectivity index (χ2v) is 5.43. The minimum Gasteiger partial charge on any atom is -0.300 e. The topological polar surface area (TPSA) is 72.0 Å². The number of carbonyl (C=O) groups is 2. The summed E-state index contributed by atoms with van der Waals surface area (Å²) in [6.45, 7) is 1.47. The van der Waals surface area contributed by atoms with Gasteiger partial charge in [0.25, 0.3) is 5.91 Å². The average molecular weight is 340 g/mol. The molecule has 0 saturated heterocycles. The van der Waals surface area contributed by atoms with Gasteiger partial charge in [-0.15, -0.1) is 0 Å². The number of rotatable bonds is 4. The van der Waals surface area contributed by atoms with Crippen molar-refractivity contribution in [3.63, 3.8) is 0 Å². The molecule has 0 bridgehead atoms. The van der Waals surface area contributed by atoms with Crippen LogP contribution in [0.4, 0.5) is 5.13 Å². The summed E-state index contributed by atoms with van der Waals surface area (Å²) < 4.78 is 4.72. The number of hydrogen-bond donors (Lipinski definition) is 1. The summed E-state index contributed by atoms with van der Waals surface area (Å²) in [6, 6.07) is 7.10. The molecule has 19 heavy (non-hydrogen) atoms. The molecule has 1 aromatic heterocycles. The zero-order chi connectivity index (χ0) is 13.8. The number of halogens is 1. The molecule has 2 aromatic rings. The highest BCUT2D eigenvalue weighted by atomic mass is 79.9. The molecule has 1 aromatic carbocycles. The first-order valence-electron chi connectivity index (χ1n) is 5.44. The van der Waals surface area contributed by atoms with E-state index in [0.29, 0.717) is 21.0 Å². The molecular formula is C12H10BrN3O2S. The molecule has 98 valence electrons. The molecular weight excluding hydrogens is 330 g/mol. The molecule has 0 unspecified atom stereocenters. The average Bonchev–Trinajstić information content (AvgIpc) is 2.76. The maximum atomic E-state index is 12.0. The van der Waals surface area contributed by atoms with Crippen LogP contribution in [-0.4, -0.2) is 21.0 Å². The van der Waals surface area contributed by atoms with E-state index in [9.17, 15) is 9.59 Å². The van der Waals surface area contributed by atoms with Crippen LogP contribution in [-0.2, 0) is 11.2 Å². The molecule has 5 nitrogen and oxygen atoms in total. The molecule has 0 radical (unpaired) electrons. The minimum absolute atomic E-state index is 0.0125.